The van der Waals surface area contributed by atoms with Gasteiger partial charge in [-0.3, -0.25) is 0 Å². The molecule has 1 nitrogen and oxygen atoms in total. The third-order valence-electron chi connectivity index (χ3n) is 3.06. The van der Waals surface area contributed by atoms with Gasteiger partial charge in [-0.1, -0.05) is 44.2 Å². The van der Waals surface area contributed by atoms with Gasteiger partial charge in [0, 0.05) is 18.8 Å². The largest absolute Gasteiger partial charge is 0.371 e. The van der Waals surface area contributed by atoms with E-state index in [0.717, 1.165) is 0 Å². The number of likely N-dealkylation sites (tertiary alicyclic amines) is 1. The molecule has 1 heterocycles. The molecule has 0 spiro atoms. The first-order chi connectivity index (χ1) is 7.31. The molecule has 0 unspecified atom stereocenters. The number of rotatable bonds is 4. The molecule has 1 saturated heterocycles. The second kappa shape index (κ2) is 4.52. The predicted molar refractivity (Wildman–Crippen MR) is 65.7 cm³/mol. The van der Waals surface area contributed by atoms with E-state index in [1.165, 1.54) is 49.2 Å². The Morgan fingerprint density at radius 2 is 1.93 bits per heavy atom. The molecule has 0 atom stereocenters. The van der Waals surface area contributed by atoms with Crippen molar-refractivity contribution in [3.63, 3.8) is 0 Å². The Labute approximate surface area is 92.4 Å². The van der Waals surface area contributed by atoms with Crippen LogP contribution in [0.5, 0.6) is 0 Å². The van der Waals surface area contributed by atoms with Gasteiger partial charge in [-0.2, -0.15) is 0 Å². The molecule has 1 heteroatoms. The minimum atomic E-state index is 1.18. The van der Waals surface area contributed by atoms with Gasteiger partial charge in [0.1, 0.15) is 0 Å². The van der Waals surface area contributed by atoms with Gasteiger partial charge in [-0.15, -0.1) is 0 Å². The maximum atomic E-state index is 4.15. The highest BCUT2D eigenvalue weighted by atomic mass is 15.2. The molecule has 1 aliphatic rings. The molecular formula is C14H19N. The Kier molecular flexibility index (Phi) is 3.10. The lowest BCUT2D eigenvalue weighted by molar-refractivity contribution is 0.282. The molecule has 15 heavy (non-hydrogen) atoms. The monoisotopic (exact) mass is 201 g/mol. The maximum absolute atomic E-state index is 4.15. The summed E-state index contributed by atoms with van der Waals surface area (Å²) in [4.78, 5) is 2.34. The Balaban J connectivity index is 2.05. The first kappa shape index (κ1) is 10.3. The SMILES string of the molecule is C=C(c1ccc(CCC)cc1)N1CCC1. The third-order valence-corrected chi connectivity index (χ3v) is 3.06. The Hall–Kier alpha value is -1.24. The van der Waals surface area contributed by atoms with Crippen molar-refractivity contribution in [1.82, 2.24) is 4.90 Å². The molecule has 0 aromatic heterocycles. The van der Waals surface area contributed by atoms with Crippen molar-refractivity contribution in [1.29, 1.82) is 0 Å². The highest BCUT2D eigenvalue weighted by Gasteiger charge is 2.16. The highest BCUT2D eigenvalue weighted by Crippen LogP contribution is 2.22. The minimum absolute atomic E-state index is 1.18. The lowest BCUT2D eigenvalue weighted by Crippen LogP contribution is -2.34. The minimum Gasteiger partial charge on any atom is -0.371 e. The fraction of sp³-hybridized carbons (Fsp3) is 0.429. The van der Waals surface area contributed by atoms with E-state index in [9.17, 15) is 0 Å². The zero-order chi connectivity index (χ0) is 10.7. The van der Waals surface area contributed by atoms with E-state index in [2.05, 4.69) is 42.7 Å². The number of nitrogens with zero attached hydrogens (tertiary/aromatic N) is 1. The molecule has 2 rings (SSSR count). The van der Waals surface area contributed by atoms with E-state index in [1.807, 2.05) is 0 Å². The van der Waals surface area contributed by atoms with E-state index in [-0.39, 0.29) is 0 Å². The molecule has 0 bridgehead atoms. The van der Waals surface area contributed by atoms with Crippen LogP contribution < -0.4 is 0 Å². The van der Waals surface area contributed by atoms with Gasteiger partial charge in [0.05, 0.1) is 0 Å². The number of benzene rings is 1. The van der Waals surface area contributed by atoms with Crippen LogP contribution in [0.2, 0.25) is 0 Å². The molecule has 1 fully saturated rings. The van der Waals surface area contributed by atoms with Gasteiger partial charge in [-0.25, -0.2) is 0 Å². The maximum Gasteiger partial charge on any atom is 0.0366 e. The van der Waals surface area contributed by atoms with Crippen molar-refractivity contribution in [3.8, 4) is 0 Å². The molecule has 1 aliphatic heterocycles. The first-order valence-corrected chi connectivity index (χ1v) is 5.84. The Morgan fingerprint density at radius 1 is 1.27 bits per heavy atom. The molecule has 80 valence electrons. The van der Waals surface area contributed by atoms with E-state index in [4.69, 9.17) is 0 Å². The van der Waals surface area contributed by atoms with Crippen LogP contribution in [0, 0.1) is 0 Å². The van der Waals surface area contributed by atoms with Crippen molar-refractivity contribution in [2.75, 3.05) is 13.1 Å². The van der Waals surface area contributed by atoms with Crippen molar-refractivity contribution in [2.24, 2.45) is 0 Å². The average Bonchev–Trinajstić information content (AvgIpc) is 2.16. The molecule has 0 amide bonds. The van der Waals surface area contributed by atoms with Crippen LogP contribution in [-0.2, 0) is 6.42 Å². The summed E-state index contributed by atoms with van der Waals surface area (Å²) in [5.74, 6) is 0. The Bertz CT molecular complexity index is 333. The molecular weight excluding hydrogens is 182 g/mol. The summed E-state index contributed by atoms with van der Waals surface area (Å²) in [6, 6.07) is 8.85. The second-order valence-electron chi connectivity index (χ2n) is 4.23. The normalized spacial score (nSPS) is 14.9. The predicted octanol–water partition coefficient (Wildman–Crippen LogP) is 3.32. The molecule has 0 radical (unpaired) electrons. The molecule has 0 aliphatic carbocycles. The van der Waals surface area contributed by atoms with Crippen molar-refractivity contribution in [3.05, 3.63) is 42.0 Å². The third kappa shape index (κ3) is 2.23. The van der Waals surface area contributed by atoms with Gasteiger partial charge >= 0.3 is 0 Å². The summed E-state index contributed by atoms with van der Waals surface area (Å²) in [6.45, 7) is 8.72. The van der Waals surface area contributed by atoms with Gasteiger partial charge in [0.25, 0.3) is 0 Å². The summed E-state index contributed by atoms with van der Waals surface area (Å²) < 4.78 is 0. The van der Waals surface area contributed by atoms with E-state index in [0.29, 0.717) is 0 Å². The van der Waals surface area contributed by atoms with Crippen LogP contribution in [0.15, 0.2) is 30.8 Å². The van der Waals surface area contributed by atoms with Gasteiger partial charge < -0.3 is 4.90 Å². The van der Waals surface area contributed by atoms with Crippen molar-refractivity contribution < 1.29 is 0 Å². The van der Waals surface area contributed by atoms with Crippen LogP contribution in [0.3, 0.4) is 0 Å². The number of hydrogen-bond donors (Lipinski definition) is 0. The molecule has 1 aromatic carbocycles. The van der Waals surface area contributed by atoms with Crippen LogP contribution in [0.1, 0.15) is 30.9 Å². The standard InChI is InChI=1S/C14H19N/c1-3-5-13-6-8-14(9-7-13)12(2)15-10-4-11-15/h6-9H,2-5,10-11H2,1H3. The van der Waals surface area contributed by atoms with E-state index in [1.54, 1.807) is 0 Å². The van der Waals surface area contributed by atoms with Crippen LogP contribution in [0.4, 0.5) is 0 Å². The highest BCUT2D eigenvalue weighted by molar-refractivity contribution is 5.62. The fourth-order valence-corrected chi connectivity index (χ4v) is 1.92. The summed E-state index contributed by atoms with van der Waals surface area (Å²) in [5.41, 5.74) is 3.89. The summed E-state index contributed by atoms with van der Waals surface area (Å²) in [7, 11) is 0. The van der Waals surface area contributed by atoms with Crippen LogP contribution in [0.25, 0.3) is 5.70 Å². The smallest absolute Gasteiger partial charge is 0.0366 e. The zero-order valence-electron chi connectivity index (χ0n) is 9.50. The molecule has 0 saturated carbocycles. The van der Waals surface area contributed by atoms with Crippen molar-refractivity contribution in [2.45, 2.75) is 26.2 Å². The zero-order valence-corrected chi connectivity index (χ0v) is 9.50. The van der Waals surface area contributed by atoms with Gasteiger partial charge in [0.15, 0.2) is 0 Å². The Morgan fingerprint density at radius 3 is 2.40 bits per heavy atom. The lowest BCUT2D eigenvalue weighted by Gasteiger charge is -2.34. The van der Waals surface area contributed by atoms with Crippen LogP contribution >= 0.6 is 0 Å². The topological polar surface area (TPSA) is 3.24 Å². The van der Waals surface area contributed by atoms with E-state index >= 15 is 0 Å². The fourth-order valence-electron chi connectivity index (χ4n) is 1.92. The number of hydrogen-bond acceptors (Lipinski definition) is 1. The second-order valence-corrected chi connectivity index (χ2v) is 4.23. The summed E-state index contributed by atoms with van der Waals surface area (Å²) in [6.07, 6.45) is 3.70. The molecule has 0 N–H and O–H groups in total. The quantitative estimate of drug-likeness (QED) is 0.722. The molecule has 1 aromatic rings. The summed E-state index contributed by atoms with van der Waals surface area (Å²) >= 11 is 0. The first-order valence-electron chi connectivity index (χ1n) is 5.84. The average molecular weight is 201 g/mol. The van der Waals surface area contributed by atoms with Gasteiger partial charge in [-0.05, 0) is 24.0 Å². The number of aryl methyl sites for hydroxylation is 1. The van der Waals surface area contributed by atoms with Crippen LogP contribution in [-0.4, -0.2) is 18.0 Å². The van der Waals surface area contributed by atoms with Gasteiger partial charge in [0.2, 0.25) is 0 Å². The van der Waals surface area contributed by atoms with Crippen molar-refractivity contribution >= 4 is 5.70 Å². The van der Waals surface area contributed by atoms with E-state index < -0.39 is 0 Å². The lowest BCUT2D eigenvalue weighted by atomic mass is 10.0. The summed E-state index contributed by atoms with van der Waals surface area (Å²) in [5, 5.41) is 0.